The Bertz CT molecular complexity index is 838. The molecule has 0 aliphatic carbocycles. The lowest BCUT2D eigenvalue weighted by Gasteiger charge is -2.35. The van der Waals surface area contributed by atoms with Gasteiger partial charge in [0.1, 0.15) is 5.69 Å². The van der Waals surface area contributed by atoms with Gasteiger partial charge in [-0.25, -0.2) is 0 Å². The van der Waals surface area contributed by atoms with Crippen molar-refractivity contribution in [2.45, 2.75) is 31.8 Å². The fourth-order valence-corrected chi connectivity index (χ4v) is 3.51. The Hall–Kier alpha value is -2.69. The maximum atomic E-state index is 13.2. The number of hydrogen-bond donors (Lipinski definition) is 0. The smallest absolute Gasteiger partial charge is 0.273 e. The molecule has 0 N–H and O–H groups in total. The number of nitrogens with zero attached hydrogens (tertiary/aromatic N) is 4. The number of piperidine rings is 1. The van der Waals surface area contributed by atoms with Crippen LogP contribution in [0.4, 0.5) is 0 Å². The summed E-state index contributed by atoms with van der Waals surface area (Å²) in [5.41, 5.74) is 0.556. The van der Waals surface area contributed by atoms with Crippen LogP contribution >= 0.6 is 0 Å². The molecule has 0 bridgehead atoms. The lowest BCUT2D eigenvalue weighted by molar-refractivity contribution is 0.0580. The minimum absolute atomic E-state index is 0.0312. The highest BCUT2D eigenvalue weighted by Crippen LogP contribution is 2.23. The number of pyridine rings is 1. The molecule has 3 aromatic rings. The maximum Gasteiger partial charge on any atom is 0.273 e. The highest BCUT2D eigenvalue weighted by Gasteiger charge is 2.29. The van der Waals surface area contributed by atoms with Gasteiger partial charge in [-0.3, -0.25) is 14.5 Å². The van der Waals surface area contributed by atoms with E-state index in [1.807, 2.05) is 52.2 Å². The summed E-state index contributed by atoms with van der Waals surface area (Å²) in [7, 11) is 0. The van der Waals surface area contributed by atoms with Gasteiger partial charge in [0.05, 0.1) is 12.6 Å². The normalized spacial score (nSPS) is 18.0. The minimum atomic E-state index is 0.0312. The first-order chi connectivity index (χ1) is 11.8. The van der Waals surface area contributed by atoms with Crippen LogP contribution in [-0.4, -0.2) is 38.2 Å². The summed E-state index contributed by atoms with van der Waals surface area (Å²) in [6, 6.07) is 12.0. The van der Waals surface area contributed by atoms with Gasteiger partial charge in [0.2, 0.25) is 0 Å². The van der Waals surface area contributed by atoms with Gasteiger partial charge in [0.25, 0.3) is 5.91 Å². The zero-order chi connectivity index (χ0) is 16.4. The molecule has 1 saturated heterocycles. The van der Waals surface area contributed by atoms with E-state index < -0.39 is 0 Å². The van der Waals surface area contributed by atoms with Crippen LogP contribution in [0.5, 0.6) is 0 Å². The SMILES string of the molecule is O=C(c1nccc2ccccc12)N1CCCCC1Cn1cccn1. The number of hydrogen-bond acceptors (Lipinski definition) is 3. The Morgan fingerprint density at radius 1 is 1.12 bits per heavy atom. The molecule has 1 atom stereocenters. The van der Waals surface area contributed by atoms with Crippen LogP contribution in [0.3, 0.4) is 0 Å². The molecule has 1 aliphatic rings. The summed E-state index contributed by atoms with van der Waals surface area (Å²) in [5, 5.41) is 6.27. The zero-order valence-corrected chi connectivity index (χ0v) is 13.5. The van der Waals surface area contributed by atoms with Gasteiger partial charge in [0, 0.05) is 30.5 Å². The molecule has 1 aromatic carbocycles. The van der Waals surface area contributed by atoms with Crippen LogP contribution in [0.15, 0.2) is 55.0 Å². The lowest BCUT2D eigenvalue weighted by Crippen LogP contribution is -2.46. The van der Waals surface area contributed by atoms with Crippen LogP contribution in [0.1, 0.15) is 29.8 Å². The Labute approximate surface area is 140 Å². The highest BCUT2D eigenvalue weighted by molar-refractivity contribution is 6.05. The molecular formula is C19H20N4O. The van der Waals surface area contributed by atoms with Gasteiger partial charge < -0.3 is 4.90 Å². The maximum absolute atomic E-state index is 13.2. The first kappa shape index (κ1) is 14.9. The lowest BCUT2D eigenvalue weighted by atomic mass is 10.0. The summed E-state index contributed by atoms with van der Waals surface area (Å²) in [6.07, 6.45) is 8.66. The number of aromatic nitrogens is 3. The first-order valence-corrected chi connectivity index (χ1v) is 8.45. The third-order valence-electron chi connectivity index (χ3n) is 4.72. The topological polar surface area (TPSA) is 51.0 Å². The fourth-order valence-electron chi connectivity index (χ4n) is 3.51. The van der Waals surface area contributed by atoms with Crippen LogP contribution < -0.4 is 0 Å². The van der Waals surface area contributed by atoms with Crippen molar-refractivity contribution in [1.29, 1.82) is 0 Å². The molecule has 1 aliphatic heterocycles. The first-order valence-electron chi connectivity index (χ1n) is 8.45. The third-order valence-corrected chi connectivity index (χ3v) is 4.72. The summed E-state index contributed by atoms with van der Waals surface area (Å²) in [6.45, 7) is 1.53. The number of benzene rings is 1. The third kappa shape index (κ3) is 2.77. The summed E-state index contributed by atoms with van der Waals surface area (Å²) < 4.78 is 1.91. The van der Waals surface area contributed by atoms with Gasteiger partial charge >= 0.3 is 0 Å². The van der Waals surface area contributed by atoms with Crippen molar-refractivity contribution >= 4 is 16.7 Å². The molecular weight excluding hydrogens is 300 g/mol. The van der Waals surface area contributed by atoms with E-state index in [4.69, 9.17) is 0 Å². The number of carbonyl (C=O) groups excluding carboxylic acids is 1. The molecule has 1 amide bonds. The van der Waals surface area contributed by atoms with Gasteiger partial charge in [-0.2, -0.15) is 5.10 Å². The Morgan fingerprint density at radius 2 is 2.04 bits per heavy atom. The van der Waals surface area contributed by atoms with Crippen molar-refractivity contribution in [3.63, 3.8) is 0 Å². The quantitative estimate of drug-likeness (QED) is 0.745. The summed E-state index contributed by atoms with van der Waals surface area (Å²) in [5.74, 6) is 0.0312. The molecule has 2 aromatic heterocycles. The van der Waals surface area contributed by atoms with E-state index in [0.717, 1.165) is 43.1 Å². The second kappa shape index (κ2) is 6.43. The largest absolute Gasteiger partial charge is 0.332 e. The molecule has 0 saturated carbocycles. The van der Waals surface area contributed by atoms with E-state index in [0.29, 0.717) is 5.69 Å². The molecule has 3 heterocycles. The van der Waals surface area contributed by atoms with Gasteiger partial charge in [-0.15, -0.1) is 0 Å². The molecule has 1 unspecified atom stereocenters. The molecule has 122 valence electrons. The van der Waals surface area contributed by atoms with Crippen molar-refractivity contribution in [3.8, 4) is 0 Å². The minimum Gasteiger partial charge on any atom is -0.332 e. The number of likely N-dealkylation sites (tertiary alicyclic amines) is 1. The van der Waals surface area contributed by atoms with Crippen molar-refractivity contribution in [2.24, 2.45) is 0 Å². The molecule has 0 spiro atoms. The predicted octanol–water partition coefficient (Wildman–Crippen LogP) is 3.13. The van der Waals surface area contributed by atoms with Crippen LogP contribution in [0.25, 0.3) is 10.8 Å². The van der Waals surface area contributed by atoms with E-state index in [-0.39, 0.29) is 11.9 Å². The summed E-state index contributed by atoms with van der Waals surface area (Å²) in [4.78, 5) is 19.6. The predicted molar refractivity (Wildman–Crippen MR) is 92.6 cm³/mol. The van der Waals surface area contributed by atoms with Crippen molar-refractivity contribution in [3.05, 3.63) is 60.7 Å². The monoisotopic (exact) mass is 320 g/mol. The Kier molecular flexibility index (Phi) is 3.99. The van der Waals surface area contributed by atoms with Gasteiger partial charge in [-0.05, 0) is 36.8 Å². The standard InChI is InChI=1S/C19H20N4O/c24-19(18-17-8-2-1-6-15(17)9-11-20-18)23-13-4-3-7-16(23)14-22-12-5-10-21-22/h1-2,5-6,8-12,16H,3-4,7,13-14H2. The zero-order valence-electron chi connectivity index (χ0n) is 13.5. The number of rotatable bonds is 3. The molecule has 0 radical (unpaired) electrons. The average Bonchev–Trinajstić information content (AvgIpc) is 3.14. The molecule has 24 heavy (non-hydrogen) atoms. The number of carbonyl (C=O) groups is 1. The van der Waals surface area contributed by atoms with Gasteiger partial charge in [-0.1, -0.05) is 24.3 Å². The van der Waals surface area contributed by atoms with Crippen LogP contribution in [0, 0.1) is 0 Å². The Balaban J connectivity index is 1.65. The van der Waals surface area contributed by atoms with Gasteiger partial charge in [0.15, 0.2) is 0 Å². The van der Waals surface area contributed by atoms with E-state index in [2.05, 4.69) is 10.1 Å². The van der Waals surface area contributed by atoms with E-state index in [1.54, 1.807) is 12.4 Å². The van der Waals surface area contributed by atoms with E-state index in [1.165, 1.54) is 0 Å². The second-order valence-electron chi connectivity index (χ2n) is 6.26. The highest BCUT2D eigenvalue weighted by atomic mass is 16.2. The fraction of sp³-hybridized carbons (Fsp3) is 0.316. The van der Waals surface area contributed by atoms with E-state index >= 15 is 0 Å². The number of amides is 1. The van der Waals surface area contributed by atoms with Crippen LogP contribution in [0.2, 0.25) is 0 Å². The van der Waals surface area contributed by atoms with E-state index in [9.17, 15) is 4.79 Å². The molecule has 5 nitrogen and oxygen atoms in total. The summed E-state index contributed by atoms with van der Waals surface area (Å²) >= 11 is 0. The average molecular weight is 320 g/mol. The molecule has 5 heteroatoms. The van der Waals surface area contributed by atoms with Crippen molar-refractivity contribution in [2.75, 3.05) is 6.54 Å². The van der Waals surface area contributed by atoms with Crippen molar-refractivity contribution in [1.82, 2.24) is 19.7 Å². The molecule has 4 rings (SSSR count). The number of fused-ring (bicyclic) bond motifs is 1. The second-order valence-corrected chi connectivity index (χ2v) is 6.26. The Morgan fingerprint density at radius 3 is 2.92 bits per heavy atom. The molecule has 1 fully saturated rings. The van der Waals surface area contributed by atoms with Crippen molar-refractivity contribution < 1.29 is 4.79 Å². The van der Waals surface area contributed by atoms with Crippen LogP contribution in [-0.2, 0) is 6.54 Å².